The fourth-order valence-electron chi connectivity index (χ4n) is 10.7. The molecule has 0 atom stereocenters. The molecule has 482 valence electrons. The number of fused-ring (bicyclic) bond motifs is 8. The minimum Gasteiger partial charge on any atom is -0.493 e. The maximum Gasteiger partial charge on any atom is 0.269 e. The van der Waals surface area contributed by atoms with E-state index in [4.69, 9.17) is 43.9 Å². The van der Waals surface area contributed by atoms with Gasteiger partial charge >= 0.3 is 0 Å². The van der Waals surface area contributed by atoms with Crippen molar-refractivity contribution in [2.24, 2.45) is 21.7 Å². The van der Waals surface area contributed by atoms with E-state index in [1.54, 1.807) is 24.5 Å². The molecular formula is C81H82N8O6. The Kier molecular flexibility index (Phi) is 19.4. The Bertz CT molecular complexity index is 4470. The Hall–Kier alpha value is -10.6. The summed E-state index contributed by atoms with van der Waals surface area (Å²) in [6.45, 7) is 28.3. The van der Waals surface area contributed by atoms with Gasteiger partial charge in [0, 0.05) is 57.8 Å². The highest BCUT2D eigenvalue weighted by Gasteiger charge is 2.26. The number of non-ortho nitro benzene ring substituents is 1. The van der Waals surface area contributed by atoms with E-state index in [0.717, 1.165) is 47.9 Å². The summed E-state index contributed by atoms with van der Waals surface area (Å²) in [6, 6.07) is 41.8. The number of ether oxygens (including phenoxy) is 4. The number of hydrogen-bond acceptors (Lipinski definition) is 11. The van der Waals surface area contributed by atoms with Gasteiger partial charge in [0.15, 0.2) is 0 Å². The lowest BCUT2D eigenvalue weighted by Crippen LogP contribution is -2.13. The van der Waals surface area contributed by atoms with Crippen molar-refractivity contribution in [2.45, 2.75) is 109 Å². The quantitative estimate of drug-likeness (QED) is 0.0504. The van der Waals surface area contributed by atoms with Gasteiger partial charge in [0.1, 0.15) is 23.0 Å². The summed E-state index contributed by atoms with van der Waals surface area (Å²) in [6.07, 6.45) is 14.7. The molecule has 9 aromatic rings. The van der Waals surface area contributed by atoms with Gasteiger partial charge in [-0.3, -0.25) is 20.1 Å². The van der Waals surface area contributed by atoms with Crippen LogP contribution in [0.25, 0.3) is 91.4 Å². The lowest BCUT2D eigenvalue weighted by molar-refractivity contribution is -0.384. The molecule has 2 aliphatic heterocycles. The van der Waals surface area contributed by atoms with E-state index in [-0.39, 0.29) is 27.3 Å². The molecular weight excluding hydrogens is 1180 g/mol. The molecule has 2 aliphatic rings. The highest BCUT2D eigenvalue weighted by molar-refractivity contribution is 5.99. The van der Waals surface area contributed by atoms with E-state index in [0.29, 0.717) is 139 Å². The first kappa shape index (κ1) is 65.9. The third kappa shape index (κ3) is 16.8. The molecule has 8 heterocycles. The number of nitro groups is 1. The first-order valence-electron chi connectivity index (χ1n) is 32.5. The van der Waals surface area contributed by atoms with Crippen LogP contribution in [0.3, 0.4) is 0 Å². The fraction of sp³-hybridized carbons (Fsp3) is 0.296. The van der Waals surface area contributed by atoms with E-state index >= 15 is 0 Å². The number of nitro benzene ring substituents is 1. The van der Waals surface area contributed by atoms with E-state index in [2.05, 4.69) is 123 Å². The third-order valence-corrected chi connectivity index (χ3v) is 16.1. The zero-order valence-electron chi connectivity index (χ0n) is 56.5. The Morgan fingerprint density at radius 1 is 0.389 bits per heavy atom. The van der Waals surface area contributed by atoms with Crippen LogP contribution in [-0.2, 0) is 0 Å². The lowest BCUT2D eigenvalue weighted by Gasteiger charge is -2.22. The van der Waals surface area contributed by atoms with E-state index in [1.807, 2.05) is 127 Å². The van der Waals surface area contributed by atoms with Crippen molar-refractivity contribution < 1.29 is 23.9 Å². The van der Waals surface area contributed by atoms with Gasteiger partial charge in [-0.15, -0.1) is 0 Å². The number of aromatic amines is 2. The maximum absolute atomic E-state index is 11.8. The second-order valence-electron chi connectivity index (χ2n) is 28.8. The lowest BCUT2D eigenvalue weighted by atomic mass is 9.93. The van der Waals surface area contributed by atoms with Gasteiger partial charge in [-0.25, -0.2) is 15.0 Å². The summed E-state index contributed by atoms with van der Waals surface area (Å²) in [5, 5.41) is 11.8. The smallest absolute Gasteiger partial charge is 0.269 e. The molecule has 0 fully saturated rings. The SMILES string of the molecule is CC(C)(C)CCOc1cccc(OCCC(C)(C)C)c1-c1c2nc(c(C#Cc3cc(-c4ccccn4)nc(-c4ccccn4)c3)c3ccc([nH]3)c(-c3c(OCCC(C)(C)C)cccc3OCCC(C)(C)C)c3nc(c(C#Cc4ccc([N+](=O)[O-])cc4)c4ccc1[nH]4)C=C3)C=C2. The third-order valence-electron chi connectivity index (χ3n) is 16.1. The summed E-state index contributed by atoms with van der Waals surface area (Å²) < 4.78 is 27.6. The molecule has 0 saturated heterocycles. The molecule has 11 rings (SSSR count). The number of H-pyrrole nitrogens is 2. The monoisotopic (exact) mass is 1260 g/mol. The van der Waals surface area contributed by atoms with Crippen molar-refractivity contribution >= 4 is 52.1 Å². The van der Waals surface area contributed by atoms with E-state index in [1.165, 1.54) is 12.1 Å². The molecule has 0 unspecified atom stereocenters. The van der Waals surface area contributed by atoms with Crippen molar-refractivity contribution in [3.8, 4) is 91.7 Å². The number of rotatable bonds is 17. The highest BCUT2D eigenvalue weighted by Crippen LogP contribution is 2.46. The Morgan fingerprint density at radius 3 is 1.12 bits per heavy atom. The number of pyridine rings is 3. The molecule has 0 radical (unpaired) electrons. The van der Waals surface area contributed by atoms with Crippen LogP contribution in [0, 0.1) is 55.5 Å². The maximum atomic E-state index is 11.8. The molecule has 0 saturated carbocycles. The molecule has 3 aromatic carbocycles. The number of nitrogens with zero attached hydrogens (tertiary/aromatic N) is 6. The zero-order valence-corrected chi connectivity index (χ0v) is 56.5. The highest BCUT2D eigenvalue weighted by atomic mass is 16.6. The van der Waals surface area contributed by atoms with Gasteiger partial charge in [-0.2, -0.15) is 0 Å². The topological polar surface area (TPSA) is 176 Å². The first-order chi connectivity index (χ1) is 45.4. The van der Waals surface area contributed by atoms with Gasteiger partial charge in [0.25, 0.3) is 5.69 Å². The molecule has 0 spiro atoms. The van der Waals surface area contributed by atoms with Crippen LogP contribution >= 0.6 is 0 Å². The number of aromatic nitrogens is 7. The fourth-order valence-corrected chi connectivity index (χ4v) is 10.7. The van der Waals surface area contributed by atoms with Crippen molar-refractivity contribution in [3.05, 3.63) is 201 Å². The van der Waals surface area contributed by atoms with E-state index in [9.17, 15) is 10.1 Å². The van der Waals surface area contributed by atoms with Crippen molar-refractivity contribution in [1.29, 1.82) is 0 Å². The van der Waals surface area contributed by atoms with Crippen LogP contribution in [0.2, 0.25) is 0 Å². The van der Waals surface area contributed by atoms with Crippen molar-refractivity contribution in [1.82, 2.24) is 34.9 Å². The first-order valence-corrected chi connectivity index (χ1v) is 32.5. The Labute approximate surface area is 557 Å². The standard InChI is InChI=1S/C81H82N8O6/c1-78(2,3)41-47-92-70-21-17-22-71(93-48-42-79(4,5)6)76(70)74-64-37-33-58(84-64)56(31-27-53-25-29-55(30-26-53)89(90)91)59-34-38-65(85-59)75(77-72(94-49-43-80(7,8)9)23-18-24-73(77)95-50-44-81(10,11)12)67-40-36-61(87-67)57(60-35-39-66(74)86-60)32-28-54-51-68(62-19-13-15-45-82-62)88-69(52-54)63-20-14-16-46-83-63/h13-26,29-30,33-40,45-46,51-52,84,87H,41-44,47-50H2,1-12H3. The van der Waals surface area contributed by atoms with Crippen LogP contribution in [0.4, 0.5) is 5.69 Å². The predicted octanol–water partition coefficient (Wildman–Crippen LogP) is 19.5. The molecule has 6 aromatic heterocycles. The molecule has 0 aliphatic carbocycles. The average Bonchev–Trinajstić information content (AvgIpc) is 1.67. The summed E-state index contributed by atoms with van der Waals surface area (Å²) >= 11 is 0. The summed E-state index contributed by atoms with van der Waals surface area (Å²) in [7, 11) is 0. The molecule has 95 heavy (non-hydrogen) atoms. The molecule has 14 nitrogen and oxygen atoms in total. The minimum atomic E-state index is -0.416. The van der Waals surface area contributed by atoms with Crippen LogP contribution in [0.15, 0.2) is 146 Å². The number of nitrogens with one attached hydrogen (secondary N) is 2. The average molecular weight is 1260 g/mol. The number of hydrogen-bond donors (Lipinski definition) is 2. The second-order valence-corrected chi connectivity index (χ2v) is 28.8. The van der Waals surface area contributed by atoms with E-state index < -0.39 is 4.92 Å². The van der Waals surface area contributed by atoms with Crippen molar-refractivity contribution in [3.63, 3.8) is 0 Å². The van der Waals surface area contributed by atoms with Gasteiger partial charge in [0.2, 0.25) is 0 Å². The normalized spacial score (nSPS) is 12.2. The molecule has 8 bridgehead atoms. The summed E-state index contributed by atoms with van der Waals surface area (Å²) in [4.78, 5) is 44.8. The molecule has 2 N–H and O–H groups in total. The predicted molar refractivity (Wildman–Crippen MR) is 384 cm³/mol. The largest absolute Gasteiger partial charge is 0.493 e. The Balaban J connectivity index is 1.26. The van der Waals surface area contributed by atoms with Crippen LogP contribution in [-0.4, -0.2) is 66.2 Å². The van der Waals surface area contributed by atoms with Crippen LogP contribution in [0.5, 0.6) is 23.0 Å². The van der Waals surface area contributed by atoms with Gasteiger partial charge in [-0.05, 0) is 169 Å². The van der Waals surface area contributed by atoms with Gasteiger partial charge in [0.05, 0.1) is 110 Å². The van der Waals surface area contributed by atoms with Crippen LogP contribution in [0.1, 0.15) is 154 Å². The second kappa shape index (κ2) is 27.9. The Morgan fingerprint density at radius 2 is 0.758 bits per heavy atom. The zero-order chi connectivity index (χ0) is 67.1. The van der Waals surface area contributed by atoms with Gasteiger partial charge in [-0.1, -0.05) is 131 Å². The summed E-state index contributed by atoms with van der Waals surface area (Å²) in [5.41, 5.74) is 13.1. The molecule has 14 heteroatoms. The van der Waals surface area contributed by atoms with Crippen molar-refractivity contribution in [2.75, 3.05) is 26.4 Å². The summed E-state index contributed by atoms with van der Waals surface area (Å²) in [5.74, 6) is 16.6. The number of benzene rings is 3. The minimum absolute atomic E-state index is 0.00578. The van der Waals surface area contributed by atoms with Crippen LogP contribution < -0.4 is 18.9 Å². The van der Waals surface area contributed by atoms with Gasteiger partial charge < -0.3 is 28.9 Å². The molecule has 0 amide bonds.